The first-order chi connectivity index (χ1) is 13.2. The molecule has 0 radical (unpaired) electrons. The molecule has 6 heteroatoms. The second-order valence-electron chi connectivity index (χ2n) is 8.68. The van der Waals surface area contributed by atoms with Crippen LogP contribution in [0.3, 0.4) is 0 Å². The fourth-order valence-corrected chi connectivity index (χ4v) is 5.85. The van der Waals surface area contributed by atoms with Crippen molar-refractivity contribution in [2.45, 2.75) is 58.5 Å². The number of fused-ring (bicyclic) bond motifs is 3. The van der Waals surface area contributed by atoms with Crippen molar-refractivity contribution in [3.8, 4) is 0 Å². The van der Waals surface area contributed by atoms with Crippen LogP contribution < -0.4 is 5.32 Å². The normalized spacial score (nSPS) is 24.7. The van der Waals surface area contributed by atoms with Gasteiger partial charge in [-0.2, -0.15) is 0 Å². The highest BCUT2D eigenvalue weighted by Crippen LogP contribution is 2.41. The summed E-state index contributed by atoms with van der Waals surface area (Å²) in [6, 6.07) is 0.498. The van der Waals surface area contributed by atoms with Crippen LogP contribution in [0.2, 0.25) is 0 Å². The predicted molar refractivity (Wildman–Crippen MR) is 111 cm³/mol. The van der Waals surface area contributed by atoms with Gasteiger partial charge in [-0.15, -0.1) is 11.3 Å². The smallest absolute Gasteiger partial charge is 0.146 e. The summed E-state index contributed by atoms with van der Waals surface area (Å²) in [4.78, 5) is 15.2. The molecule has 1 saturated carbocycles. The van der Waals surface area contributed by atoms with Gasteiger partial charge in [-0.05, 0) is 56.4 Å². The lowest BCUT2D eigenvalue weighted by atomic mass is 9.89. The summed E-state index contributed by atoms with van der Waals surface area (Å²) in [6.07, 6.45) is 6.36. The lowest BCUT2D eigenvalue weighted by molar-refractivity contribution is 0.0331. The van der Waals surface area contributed by atoms with Crippen LogP contribution in [0.4, 0.5) is 5.82 Å². The van der Waals surface area contributed by atoms with Gasteiger partial charge in [0.2, 0.25) is 0 Å². The monoisotopic (exact) mass is 386 g/mol. The van der Waals surface area contributed by atoms with E-state index < -0.39 is 0 Å². The van der Waals surface area contributed by atoms with Crippen molar-refractivity contribution in [3.05, 3.63) is 16.3 Å². The summed E-state index contributed by atoms with van der Waals surface area (Å²) in [5.74, 6) is 3.65. The van der Waals surface area contributed by atoms with Crippen LogP contribution in [0.15, 0.2) is 0 Å². The minimum absolute atomic E-state index is 0.498. The molecule has 5 nitrogen and oxygen atoms in total. The lowest BCUT2D eigenvalue weighted by Crippen LogP contribution is -2.36. The summed E-state index contributed by atoms with van der Waals surface area (Å²) in [5.41, 5.74) is 1.52. The Kier molecular flexibility index (Phi) is 4.82. The maximum Gasteiger partial charge on any atom is 0.146 e. The molecule has 0 aromatic carbocycles. The van der Waals surface area contributed by atoms with Crippen molar-refractivity contribution in [1.29, 1.82) is 0 Å². The molecule has 2 atom stereocenters. The number of anilines is 1. The molecule has 2 aromatic rings. The quantitative estimate of drug-likeness (QED) is 0.846. The van der Waals surface area contributed by atoms with E-state index in [-0.39, 0.29) is 0 Å². The average Bonchev–Trinajstić information content (AvgIpc) is 3.44. The molecule has 1 N–H and O–H groups in total. The number of morpholine rings is 1. The molecular weight excluding hydrogens is 356 g/mol. The van der Waals surface area contributed by atoms with Crippen molar-refractivity contribution < 1.29 is 4.74 Å². The highest BCUT2D eigenvalue weighted by molar-refractivity contribution is 7.19. The van der Waals surface area contributed by atoms with Gasteiger partial charge < -0.3 is 10.1 Å². The van der Waals surface area contributed by atoms with Crippen LogP contribution in [0, 0.1) is 11.8 Å². The van der Waals surface area contributed by atoms with Crippen molar-refractivity contribution in [2.24, 2.45) is 11.8 Å². The molecule has 3 aliphatic rings. The van der Waals surface area contributed by atoms with Crippen LogP contribution in [0.1, 0.15) is 49.4 Å². The van der Waals surface area contributed by atoms with Crippen LogP contribution in [-0.2, 0) is 24.1 Å². The summed E-state index contributed by atoms with van der Waals surface area (Å²) >= 11 is 1.91. The van der Waals surface area contributed by atoms with Gasteiger partial charge in [0.05, 0.1) is 25.1 Å². The molecule has 0 spiro atoms. The molecule has 27 heavy (non-hydrogen) atoms. The number of hydrogen-bond donors (Lipinski definition) is 1. The van der Waals surface area contributed by atoms with E-state index in [1.54, 1.807) is 4.88 Å². The number of thiophene rings is 1. The minimum Gasteiger partial charge on any atom is -0.379 e. The van der Waals surface area contributed by atoms with E-state index in [1.807, 2.05) is 11.3 Å². The Balaban J connectivity index is 1.51. The Morgan fingerprint density at radius 1 is 1.22 bits per heavy atom. The highest BCUT2D eigenvalue weighted by Gasteiger charge is 2.30. The molecule has 2 aliphatic carbocycles. The van der Waals surface area contributed by atoms with E-state index >= 15 is 0 Å². The van der Waals surface area contributed by atoms with Gasteiger partial charge in [0.1, 0.15) is 16.5 Å². The summed E-state index contributed by atoms with van der Waals surface area (Å²) in [5, 5.41) is 5.10. The second-order valence-corrected chi connectivity index (χ2v) is 9.76. The first-order valence-electron chi connectivity index (χ1n) is 10.5. The van der Waals surface area contributed by atoms with E-state index in [1.165, 1.54) is 47.9 Å². The largest absolute Gasteiger partial charge is 0.379 e. The first kappa shape index (κ1) is 17.8. The average molecular weight is 387 g/mol. The number of aromatic nitrogens is 2. The number of aryl methyl sites for hydroxylation is 1. The van der Waals surface area contributed by atoms with Gasteiger partial charge >= 0.3 is 0 Å². The van der Waals surface area contributed by atoms with Gasteiger partial charge in [0, 0.05) is 24.0 Å². The van der Waals surface area contributed by atoms with Gasteiger partial charge in [0.25, 0.3) is 0 Å². The Bertz CT molecular complexity index is 825. The number of nitrogens with one attached hydrogen (secondary N) is 1. The Morgan fingerprint density at radius 3 is 2.81 bits per heavy atom. The fourth-order valence-electron chi connectivity index (χ4n) is 4.45. The third-order valence-corrected chi connectivity index (χ3v) is 7.51. The number of nitrogens with zero attached hydrogens (tertiary/aromatic N) is 3. The third kappa shape index (κ3) is 3.71. The van der Waals surface area contributed by atoms with Crippen LogP contribution >= 0.6 is 11.3 Å². The molecule has 2 aromatic heterocycles. The Hall–Kier alpha value is -1.24. The molecule has 1 saturated heterocycles. The predicted octanol–water partition coefficient (Wildman–Crippen LogP) is 3.86. The van der Waals surface area contributed by atoms with E-state index in [0.29, 0.717) is 6.04 Å². The van der Waals surface area contributed by atoms with Gasteiger partial charge in [-0.25, -0.2) is 9.97 Å². The van der Waals surface area contributed by atoms with Crippen LogP contribution in [-0.4, -0.2) is 47.2 Å². The highest BCUT2D eigenvalue weighted by atomic mass is 32.1. The third-order valence-electron chi connectivity index (χ3n) is 6.36. The molecule has 0 unspecified atom stereocenters. The minimum atomic E-state index is 0.498. The molecule has 146 valence electrons. The molecule has 1 aliphatic heterocycles. The standard InChI is InChI=1S/C21H30N4OS/c1-13-3-6-16-17(11-13)27-21-19(16)20(22-14(2)15-4-5-15)23-18(24-21)12-25-7-9-26-10-8-25/h13-15H,3-12H2,1-2H3,(H,22,23,24)/t13-,14+/m0/s1. The second kappa shape index (κ2) is 7.30. The van der Waals surface area contributed by atoms with Crippen molar-refractivity contribution >= 4 is 27.4 Å². The molecule has 0 bridgehead atoms. The molecule has 0 amide bonds. The SMILES string of the molecule is C[C@H]1CCc2c(sc3nc(CN4CCOCC4)nc(N[C@H](C)C4CC4)c23)C1. The zero-order valence-electron chi connectivity index (χ0n) is 16.5. The Labute approximate surface area is 165 Å². The summed E-state index contributed by atoms with van der Waals surface area (Å²) in [6.45, 7) is 9.09. The van der Waals surface area contributed by atoms with E-state index in [4.69, 9.17) is 14.7 Å². The summed E-state index contributed by atoms with van der Waals surface area (Å²) in [7, 11) is 0. The zero-order chi connectivity index (χ0) is 18.4. The van der Waals surface area contributed by atoms with E-state index in [0.717, 1.165) is 56.3 Å². The van der Waals surface area contributed by atoms with Crippen molar-refractivity contribution in [1.82, 2.24) is 14.9 Å². The van der Waals surface area contributed by atoms with Gasteiger partial charge in [-0.1, -0.05) is 6.92 Å². The van der Waals surface area contributed by atoms with Crippen molar-refractivity contribution in [2.75, 3.05) is 31.6 Å². The van der Waals surface area contributed by atoms with Gasteiger partial charge in [0.15, 0.2) is 0 Å². The lowest BCUT2D eigenvalue weighted by Gasteiger charge is -2.26. The molecule has 3 heterocycles. The molecular formula is C21H30N4OS. The van der Waals surface area contributed by atoms with E-state index in [2.05, 4.69) is 24.1 Å². The topological polar surface area (TPSA) is 50.3 Å². The van der Waals surface area contributed by atoms with Crippen LogP contribution in [0.5, 0.6) is 0 Å². The first-order valence-corrected chi connectivity index (χ1v) is 11.4. The summed E-state index contributed by atoms with van der Waals surface area (Å²) < 4.78 is 5.49. The van der Waals surface area contributed by atoms with E-state index in [9.17, 15) is 0 Å². The number of rotatable bonds is 5. The zero-order valence-corrected chi connectivity index (χ0v) is 17.3. The Morgan fingerprint density at radius 2 is 2.04 bits per heavy atom. The maximum absolute atomic E-state index is 5.49. The molecule has 2 fully saturated rings. The number of hydrogen-bond acceptors (Lipinski definition) is 6. The number of ether oxygens (including phenoxy) is 1. The van der Waals surface area contributed by atoms with Crippen molar-refractivity contribution in [3.63, 3.8) is 0 Å². The fraction of sp³-hybridized carbons (Fsp3) is 0.714. The van der Waals surface area contributed by atoms with Crippen LogP contribution in [0.25, 0.3) is 10.2 Å². The molecule has 5 rings (SSSR count). The maximum atomic E-state index is 5.49. The van der Waals surface area contributed by atoms with Gasteiger partial charge in [-0.3, -0.25) is 4.90 Å².